The number of hydrogen-bond donors (Lipinski definition) is 0. The third kappa shape index (κ3) is 3.46. The van der Waals surface area contributed by atoms with Gasteiger partial charge in [0.05, 0.1) is 13.2 Å². The minimum atomic E-state index is -3.41. The van der Waals surface area contributed by atoms with Gasteiger partial charge in [0.25, 0.3) is 10.2 Å². The van der Waals surface area contributed by atoms with E-state index in [1.165, 1.54) is 0 Å². The van der Waals surface area contributed by atoms with Crippen molar-refractivity contribution in [2.24, 2.45) is 11.8 Å². The monoisotopic (exact) mass is 352 g/mol. The fourth-order valence-corrected chi connectivity index (χ4v) is 6.21. The van der Waals surface area contributed by atoms with Crippen LogP contribution in [0.5, 0.6) is 5.75 Å². The molecule has 2 saturated heterocycles. The predicted molar refractivity (Wildman–Crippen MR) is 95.1 cm³/mol. The van der Waals surface area contributed by atoms with Gasteiger partial charge in [-0.15, -0.1) is 0 Å². The SMILES string of the molecule is COc1ccc([C@H]2CCCN2S(=O)(=O)N2C[C@H](C)C[C@H](C)C2)cc1. The molecule has 0 bridgehead atoms. The fourth-order valence-electron chi connectivity index (χ4n) is 4.12. The molecule has 0 amide bonds. The molecular weight excluding hydrogens is 324 g/mol. The zero-order valence-electron chi connectivity index (χ0n) is 14.8. The normalized spacial score (nSPS) is 29.7. The van der Waals surface area contributed by atoms with Crippen LogP contribution in [0.15, 0.2) is 24.3 Å². The van der Waals surface area contributed by atoms with E-state index in [9.17, 15) is 8.42 Å². The van der Waals surface area contributed by atoms with E-state index in [1.807, 2.05) is 24.3 Å². The van der Waals surface area contributed by atoms with E-state index >= 15 is 0 Å². The highest BCUT2D eigenvalue weighted by Crippen LogP contribution is 2.37. The molecule has 2 aliphatic rings. The first kappa shape index (κ1) is 17.7. The molecule has 2 aliphatic heterocycles. The summed E-state index contributed by atoms with van der Waals surface area (Å²) >= 11 is 0. The Morgan fingerprint density at radius 3 is 2.29 bits per heavy atom. The Hall–Kier alpha value is -1.11. The zero-order valence-corrected chi connectivity index (χ0v) is 15.6. The van der Waals surface area contributed by atoms with Gasteiger partial charge in [0.2, 0.25) is 0 Å². The van der Waals surface area contributed by atoms with E-state index in [-0.39, 0.29) is 6.04 Å². The number of ether oxygens (including phenoxy) is 1. The molecule has 1 aromatic carbocycles. The summed E-state index contributed by atoms with van der Waals surface area (Å²) in [6.45, 7) is 6.17. The Morgan fingerprint density at radius 1 is 1.08 bits per heavy atom. The minimum Gasteiger partial charge on any atom is -0.497 e. The lowest BCUT2D eigenvalue weighted by molar-refractivity contribution is 0.207. The van der Waals surface area contributed by atoms with Crippen molar-refractivity contribution in [3.8, 4) is 5.75 Å². The van der Waals surface area contributed by atoms with Gasteiger partial charge in [0, 0.05) is 19.6 Å². The number of hydrogen-bond acceptors (Lipinski definition) is 3. The van der Waals surface area contributed by atoms with Gasteiger partial charge in [0.1, 0.15) is 5.75 Å². The molecule has 5 nitrogen and oxygen atoms in total. The van der Waals surface area contributed by atoms with Crippen LogP contribution >= 0.6 is 0 Å². The maximum Gasteiger partial charge on any atom is 0.282 e. The minimum absolute atomic E-state index is 0.0616. The first-order valence-electron chi connectivity index (χ1n) is 8.82. The second-order valence-electron chi connectivity index (χ2n) is 7.31. The second kappa shape index (κ2) is 7.02. The molecule has 0 saturated carbocycles. The number of rotatable bonds is 4. The molecule has 2 heterocycles. The van der Waals surface area contributed by atoms with Crippen LogP contribution in [0, 0.1) is 11.8 Å². The van der Waals surface area contributed by atoms with Crippen LogP contribution in [-0.2, 0) is 10.2 Å². The van der Waals surface area contributed by atoms with E-state index < -0.39 is 10.2 Å². The summed E-state index contributed by atoms with van der Waals surface area (Å²) in [6, 6.07) is 7.72. The maximum atomic E-state index is 13.2. The fraction of sp³-hybridized carbons (Fsp3) is 0.667. The average molecular weight is 353 g/mol. The lowest BCUT2D eigenvalue weighted by atomic mass is 9.94. The maximum absolute atomic E-state index is 13.2. The van der Waals surface area contributed by atoms with Crippen molar-refractivity contribution in [1.29, 1.82) is 0 Å². The van der Waals surface area contributed by atoms with Crippen molar-refractivity contribution in [3.63, 3.8) is 0 Å². The van der Waals surface area contributed by atoms with Gasteiger partial charge < -0.3 is 4.74 Å². The summed E-state index contributed by atoms with van der Waals surface area (Å²) in [4.78, 5) is 0. The number of benzene rings is 1. The largest absolute Gasteiger partial charge is 0.497 e. The third-order valence-corrected chi connectivity index (χ3v) is 7.14. The smallest absolute Gasteiger partial charge is 0.282 e. The average Bonchev–Trinajstić information content (AvgIpc) is 3.04. The summed E-state index contributed by atoms with van der Waals surface area (Å²) in [6.07, 6.45) is 2.90. The Labute approximate surface area is 145 Å². The molecule has 3 atom stereocenters. The van der Waals surface area contributed by atoms with Crippen molar-refractivity contribution < 1.29 is 13.2 Å². The van der Waals surface area contributed by atoms with Crippen LogP contribution in [0.3, 0.4) is 0 Å². The highest BCUT2D eigenvalue weighted by atomic mass is 32.2. The molecule has 0 aliphatic carbocycles. The van der Waals surface area contributed by atoms with Crippen molar-refractivity contribution in [2.75, 3.05) is 26.7 Å². The number of piperidine rings is 1. The van der Waals surface area contributed by atoms with Crippen molar-refractivity contribution in [2.45, 2.75) is 39.2 Å². The summed E-state index contributed by atoms with van der Waals surface area (Å²) in [5.41, 5.74) is 1.05. The van der Waals surface area contributed by atoms with Crippen LogP contribution in [0.2, 0.25) is 0 Å². The predicted octanol–water partition coefficient (Wildman–Crippen LogP) is 3.05. The molecule has 0 N–H and O–H groups in total. The molecule has 3 rings (SSSR count). The van der Waals surface area contributed by atoms with Crippen LogP contribution in [0.4, 0.5) is 0 Å². The van der Waals surface area contributed by atoms with Gasteiger partial charge in [-0.1, -0.05) is 26.0 Å². The van der Waals surface area contributed by atoms with Gasteiger partial charge in [-0.25, -0.2) is 0 Å². The Balaban J connectivity index is 1.83. The zero-order chi connectivity index (χ0) is 17.3. The first-order chi connectivity index (χ1) is 11.4. The van der Waals surface area contributed by atoms with Gasteiger partial charge in [-0.05, 0) is 48.8 Å². The topological polar surface area (TPSA) is 49.9 Å². The van der Waals surface area contributed by atoms with Gasteiger partial charge in [-0.2, -0.15) is 17.0 Å². The van der Waals surface area contributed by atoms with E-state index in [4.69, 9.17) is 4.74 Å². The Bertz CT molecular complexity index is 649. The number of methoxy groups -OCH3 is 1. The highest BCUT2D eigenvalue weighted by molar-refractivity contribution is 7.86. The van der Waals surface area contributed by atoms with Crippen LogP contribution in [0.25, 0.3) is 0 Å². The molecule has 1 aromatic rings. The molecule has 134 valence electrons. The Morgan fingerprint density at radius 2 is 1.71 bits per heavy atom. The van der Waals surface area contributed by atoms with E-state index in [0.717, 1.165) is 30.6 Å². The quantitative estimate of drug-likeness (QED) is 0.837. The molecule has 2 fully saturated rings. The molecule has 0 aromatic heterocycles. The molecule has 0 spiro atoms. The summed E-state index contributed by atoms with van der Waals surface area (Å²) < 4.78 is 35.0. The van der Waals surface area contributed by atoms with Gasteiger partial charge in [0.15, 0.2) is 0 Å². The molecule has 0 unspecified atom stereocenters. The molecule has 0 radical (unpaired) electrons. The van der Waals surface area contributed by atoms with E-state index in [0.29, 0.717) is 31.5 Å². The van der Waals surface area contributed by atoms with E-state index in [2.05, 4.69) is 13.8 Å². The molecule has 6 heteroatoms. The summed E-state index contributed by atoms with van der Waals surface area (Å²) in [7, 11) is -1.77. The second-order valence-corrected chi connectivity index (χ2v) is 9.19. The number of nitrogens with zero attached hydrogens (tertiary/aromatic N) is 2. The van der Waals surface area contributed by atoms with Gasteiger partial charge >= 0.3 is 0 Å². The standard InChI is InChI=1S/C18H28N2O3S/c1-14-11-15(2)13-19(12-14)24(21,22)20-10-4-5-18(20)16-6-8-17(23-3)9-7-16/h6-9,14-15,18H,4-5,10-13H2,1-3H3/t14-,15+,18-/m1/s1. The molecule has 24 heavy (non-hydrogen) atoms. The van der Waals surface area contributed by atoms with Crippen LogP contribution in [0.1, 0.15) is 44.7 Å². The first-order valence-corrected chi connectivity index (χ1v) is 10.2. The summed E-state index contributed by atoms with van der Waals surface area (Å²) in [5.74, 6) is 1.64. The third-order valence-electron chi connectivity index (χ3n) is 5.16. The summed E-state index contributed by atoms with van der Waals surface area (Å²) in [5, 5.41) is 0. The van der Waals surface area contributed by atoms with Crippen LogP contribution < -0.4 is 4.74 Å². The molecular formula is C18H28N2O3S. The van der Waals surface area contributed by atoms with Crippen molar-refractivity contribution in [1.82, 2.24) is 8.61 Å². The van der Waals surface area contributed by atoms with Crippen molar-refractivity contribution >= 4 is 10.2 Å². The van der Waals surface area contributed by atoms with Crippen molar-refractivity contribution in [3.05, 3.63) is 29.8 Å². The van der Waals surface area contributed by atoms with E-state index in [1.54, 1.807) is 15.7 Å². The highest BCUT2D eigenvalue weighted by Gasteiger charge is 2.40. The van der Waals surface area contributed by atoms with Gasteiger partial charge in [-0.3, -0.25) is 0 Å². The van der Waals surface area contributed by atoms with Crippen LogP contribution in [-0.4, -0.2) is 43.8 Å². The lowest BCUT2D eigenvalue weighted by Gasteiger charge is -2.37. The lowest BCUT2D eigenvalue weighted by Crippen LogP contribution is -2.49. The Kier molecular flexibility index (Phi) is 5.18.